The molecule has 0 saturated heterocycles. The molecule has 3 atom stereocenters. The third kappa shape index (κ3) is 9.75. The van der Waals surface area contributed by atoms with Crippen molar-refractivity contribution in [1.82, 2.24) is 0 Å². The third-order valence-electron chi connectivity index (χ3n) is 9.70. The molecule has 0 amide bonds. The third-order valence-corrected chi connectivity index (χ3v) is 23.0. The second-order valence-corrected chi connectivity index (χ2v) is 37.9. The van der Waals surface area contributed by atoms with Crippen LogP contribution in [-0.2, 0) is 36.9 Å². The van der Waals surface area contributed by atoms with Gasteiger partial charge in [0.15, 0.2) is 8.32 Å². The van der Waals surface area contributed by atoms with Gasteiger partial charge in [-0.1, -0.05) is 177 Å². The van der Waals surface area contributed by atoms with E-state index in [2.05, 4.69) is 194 Å². The minimum absolute atomic E-state index is 0.00452. The number of hydrogen-bond acceptors (Lipinski definition) is 1. The van der Waals surface area contributed by atoms with Crippen LogP contribution in [-0.4, -0.2) is 28.0 Å². The molecule has 5 heteroatoms. The molecule has 1 aliphatic heterocycles. The van der Waals surface area contributed by atoms with Crippen molar-refractivity contribution in [2.24, 2.45) is 0 Å². The van der Waals surface area contributed by atoms with Gasteiger partial charge in [-0.3, -0.25) is 5.80 Å². The maximum Gasteiger partial charge on any atom is 0.180 e. The van der Waals surface area contributed by atoms with Crippen molar-refractivity contribution < 1.29 is 4.43 Å². The summed E-state index contributed by atoms with van der Waals surface area (Å²) in [7, 11) is -5.52. The SMILES string of the molecule is CC(C)(C)c1cc(C(C)(C)C)c(P2[C-]([Si](C)(C)C)[P+](c3c(C(C)(C)C)cc(C(C)(C)C)cc3C(C)(C)C)=[C-]C2O[Si](C)(C)C)c(C(C)(C)C)c1. The summed E-state index contributed by atoms with van der Waals surface area (Å²) in [5, 5.41) is 5.01. The zero-order chi connectivity index (χ0) is 39.2. The van der Waals surface area contributed by atoms with Crippen LogP contribution in [0.3, 0.4) is 0 Å². The van der Waals surface area contributed by atoms with Crippen LogP contribution in [0, 0.1) is 5.02 Å². The first-order chi connectivity index (χ1) is 21.9. The Morgan fingerprint density at radius 3 is 1.12 bits per heavy atom. The van der Waals surface area contributed by atoms with E-state index in [0.29, 0.717) is 0 Å². The second-order valence-electron chi connectivity index (χ2n) is 23.3. The van der Waals surface area contributed by atoms with Gasteiger partial charge in [0.1, 0.15) is 0 Å². The summed E-state index contributed by atoms with van der Waals surface area (Å²) < 4.78 is 7.48. The second kappa shape index (κ2) is 13.6. The molecular formula is C45H77OP2Si2-. The van der Waals surface area contributed by atoms with E-state index < -0.39 is 31.9 Å². The maximum atomic E-state index is 7.48. The van der Waals surface area contributed by atoms with E-state index >= 15 is 0 Å². The summed E-state index contributed by atoms with van der Waals surface area (Å²) in [4.78, 5) is 0. The first kappa shape index (κ1) is 43.8. The van der Waals surface area contributed by atoms with Crippen LogP contribution in [0.2, 0.25) is 39.3 Å². The van der Waals surface area contributed by atoms with E-state index in [-0.39, 0.29) is 38.3 Å². The van der Waals surface area contributed by atoms with Crippen molar-refractivity contribution >= 4 is 48.3 Å². The van der Waals surface area contributed by atoms with Crippen molar-refractivity contribution in [2.75, 3.05) is 0 Å². The first-order valence-corrected chi connectivity index (χ1v) is 28.8. The summed E-state index contributed by atoms with van der Waals surface area (Å²) in [5.74, 6) is 4.45. The van der Waals surface area contributed by atoms with Crippen molar-refractivity contribution in [2.45, 2.75) is 202 Å². The predicted octanol–water partition coefficient (Wildman–Crippen LogP) is 13.6. The van der Waals surface area contributed by atoms with E-state index in [4.69, 9.17) is 4.43 Å². The highest BCUT2D eigenvalue weighted by Gasteiger charge is 2.44. The van der Waals surface area contributed by atoms with Crippen molar-refractivity contribution in [3.05, 3.63) is 62.7 Å². The summed E-state index contributed by atoms with van der Waals surface area (Å²) in [6.45, 7) is 58.5. The molecule has 2 aromatic rings. The van der Waals surface area contributed by atoms with Gasteiger partial charge in [0.2, 0.25) is 0 Å². The summed E-state index contributed by atoms with van der Waals surface area (Å²) in [6.07, 6.45) is 0. The van der Waals surface area contributed by atoms with Crippen LogP contribution >= 0.6 is 15.5 Å². The molecule has 1 aliphatic rings. The highest BCUT2D eigenvalue weighted by Crippen LogP contribution is 2.71. The van der Waals surface area contributed by atoms with E-state index in [0.717, 1.165) is 0 Å². The number of hydrogen-bond donors (Lipinski definition) is 0. The van der Waals surface area contributed by atoms with Crippen LogP contribution < -0.4 is 10.6 Å². The fourth-order valence-corrected chi connectivity index (χ4v) is 22.6. The molecule has 3 rings (SSSR count). The van der Waals surface area contributed by atoms with Crippen LogP contribution in [0.15, 0.2) is 24.3 Å². The van der Waals surface area contributed by atoms with Gasteiger partial charge in [-0.05, 0) is 85.5 Å². The lowest BCUT2D eigenvalue weighted by atomic mass is 9.75. The van der Waals surface area contributed by atoms with Gasteiger partial charge in [-0.15, -0.1) is 5.02 Å². The predicted molar refractivity (Wildman–Crippen MR) is 238 cm³/mol. The molecule has 0 aromatic heterocycles. The van der Waals surface area contributed by atoms with Gasteiger partial charge in [0.25, 0.3) is 0 Å². The molecule has 0 N–H and O–H groups in total. The summed E-state index contributed by atoms with van der Waals surface area (Å²) in [5.41, 5.74) is 9.05. The lowest BCUT2D eigenvalue weighted by Gasteiger charge is -2.51. The summed E-state index contributed by atoms with van der Waals surface area (Å²) in [6, 6.07) is 10.4. The van der Waals surface area contributed by atoms with Gasteiger partial charge in [0, 0.05) is 11.1 Å². The van der Waals surface area contributed by atoms with E-state index in [1.807, 2.05) is 5.02 Å². The standard InChI is InChI=1S/C45H77OP2Si2/c1-40(2,3)30-25-32(42(7,8)9)37(33(26-30)43(10,11)12)47-29-36(46-50(22,23)24)48(39(47)49(19,20)21)38-34(44(13,14)15)27-31(41(4,5)6)28-35(38)45(16,17)18/h25-28,36H,1-24H3/q-1. The Labute approximate surface area is 316 Å². The lowest BCUT2D eigenvalue weighted by molar-refractivity contribution is 0.344. The molecule has 1 nitrogen and oxygen atoms in total. The molecule has 1 heterocycles. The van der Waals surface area contributed by atoms with Crippen molar-refractivity contribution in [1.29, 1.82) is 0 Å². The van der Waals surface area contributed by atoms with Crippen molar-refractivity contribution in [3.63, 3.8) is 0 Å². The Balaban J connectivity index is 2.71. The van der Waals surface area contributed by atoms with Gasteiger partial charge in [0.05, 0.1) is 5.30 Å². The smallest absolute Gasteiger partial charge is 0.180 e. The molecule has 0 saturated carbocycles. The Morgan fingerprint density at radius 1 is 0.540 bits per heavy atom. The fourth-order valence-electron chi connectivity index (χ4n) is 6.87. The van der Waals surface area contributed by atoms with Crippen molar-refractivity contribution in [3.8, 4) is 0 Å². The van der Waals surface area contributed by atoms with Gasteiger partial charge < -0.3 is 4.43 Å². The van der Waals surface area contributed by atoms with Gasteiger partial charge in [-0.2, -0.15) is 7.92 Å². The molecular weight excluding hydrogens is 675 g/mol. The van der Waals surface area contributed by atoms with Crippen LogP contribution in [0.4, 0.5) is 0 Å². The lowest BCUT2D eigenvalue weighted by Crippen LogP contribution is -2.40. The zero-order valence-electron chi connectivity index (χ0n) is 37.2. The Bertz CT molecular complexity index is 1520. The highest BCUT2D eigenvalue weighted by atomic mass is 31.2. The number of rotatable bonds is 5. The van der Waals surface area contributed by atoms with E-state index in [9.17, 15) is 0 Å². The fraction of sp³-hybridized carbons (Fsp3) is 0.689. The topological polar surface area (TPSA) is 9.23 Å². The Kier molecular flexibility index (Phi) is 11.9. The first-order valence-electron chi connectivity index (χ1n) is 19.2. The highest BCUT2D eigenvalue weighted by molar-refractivity contribution is 7.94. The quantitative estimate of drug-likeness (QED) is 0.168. The molecule has 2 aromatic carbocycles. The minimum atomic E-state index is -1.95. The molecule has 0 spiro atoms. The van der Waals surface area contributed by atoms with Gasteiger partial charge >= 0.3 is 0 Å². The number of benzene rings is 2. The van der Waals surface area contributed by atoms with Gasteiger partial charge in [-0.25, -0.2) is 7.55 Å². The van der Waals surface area contributed by atoms with E-state index in [1.165, 1.54) is 33.4 Å². The Morgan fingerprint density at radius 2 is 0.860 bits per heavy atom. The molecule has 0 bridgehead atoms. The molecule has 0 fully saturated rings. The average Bonchev–Trinajstić information content (AvgIpc) is 3.21. The van der Waals surface area contributed by atoms with Crippen LogP contribution in [0.5, 0.6) is 0 Å². The van der Waals surface area contributed by atoms with E-state index in [1.54, 1.807) is 10.6 Å². The average molecular weight is 752 g/mol. The normalized spacial score (nSPS) is 20.0. The molecule has 3 unspecified atom stereocenters. The largest absolute Gasteiger partial charge is 0.439 e. The molecule has 50 heavy (non-hydrogen) atoms. The maximum absolute atomic E-state index is 7.48. The zero-order valence-corrected chi connectivity index (χ0v) is 41.0. The van der Waals surface area contributed by atoms with Crippen LogP contribution in [0.25, 0.3) is 0 Å². The monoisotopic (exact) mass is 751 g/mol. The summed E-state index contributed by atoms with van der Waals surface area (Å²) >= 11 is 0. The van der Waals surface area contributed by atoms with Crippen LogP contribution in [0.1, 0.15) is 158 Å². The Hall–Kier alpha value is -0.566. The molecule has 0 aliphatic carbocycles. The minimum Gasteiger partial charge on any atom is -0.439 e. The molecule has 282 valence electrons. The molecule has 0 radical (unpaired) electrons.